The molecule has 0 rings (SSSR count). The molecule has 0 aromatic rings. The first-order valence-electron chi connectivity index (χ1n) is 3.97. The van der Waals surface area contributed by atoms with E-state index in [1.165, 1.54) is 6.08 Å². The van der Waals surface area contributed by atoms with Crippen LogP contribution in [-0.2, 0) is 0 Å². The molecule has 0 bridgehead atoms. The van der Waals surface area contributed by atoms with Crippen molar-refractivity contribution in [1.82, 2.24) is 0 Å². The van der Waals surface area contributed by atoms with Crippen LogP contribution in [0.1, 0.15) is 13.8 Å². The Balaban J connectivity index is 4.50. The summed E-state index contributed by atoms with van der Waals surface area (Å²) in [5, 5.41) is 9.05. The number of rotatable bonds is 4. The molecule has 0 fully saturated rings. The van der Waals surface area contributed by atoms with Gasteiger partial charge in [-0.25, -0.2) is 0 Å². The van der Waals surface area contributed by atoms with E-state index in [4.69, 9.17) is 5.11 Å². The highest BCUT2D eigenvalue weighted by atomic mass is 16.3. The van der Waals surface area contributed by atoms with Gasteiger partial charge in [-0.1, -0.05) is 39.2 Å². The van der Waals surface area contributed by atoms with Gasteiger partial charge >= 0.3 is 0 Å². The Bertz CT molecular complexity index is 219. The van der Waals surface area contributed by atoms with Crippen molar-refractivity contribution in [2.24, 2.45) is 5.92 Å². The van der Waals surface area contributed by atoms with E-state index in [-0.39, 0.29) is 5.76 Å². The molecule has 0 aliphatic carbocycles. The minimum Gasteiger partial charge on any atom is -0.508 e. The highest BCUT2D eigenvalue weighted by Gasteiger charge is 1.95. The molecule has 0 atom stereocenters. The van der Waals surface area contributed by atoms with Crippen molar-refractivity contribution >= 4 is 0 Å². The fourth-order valence-electron chi connectivity index (χ4n) is 0.746. The zero-order chi connectivity index (χ0) is 9.56. The quantitative estimate of drug-likeness (QED) is 0.499. The summed E-state index contributed by atoms with van der Waals surface area (Å²) in [5.41, 5.74) is 1.10. The second-order valence-electron chi connectivity index (χ2n) is 2.82. The van der Waals surface area contributed by atoms with E-state index in [9.17, 15) is 0 Å². The molecular weight excluding hydrogens is 148 g/mol. The smallest absolute Gasteiger partial charge is 0.114 e. The van der Waals surface area contributed by atoms with Crippen molar-refractivity contribution in [3.05, 3.63) is 48.8 Å². The van der Waals surface area contributed by atoms with Crippen molar-refractivity contribution in [2.45, 2.75) is 13.8 Å². The molecule has 12 heavy (non-hydrogen) atoms. The topological polar surface area (TPSA) is 20.2 Å². The molecule has 0 aromatic carbocycles. The van der Waals surface area contributed by atoms with Gasteiger partial charge in [0.1, 0.15) is 5.76 Å². The lowest BCUT2D eigenvalue weighted by molar-refractivity contribution is 0.433. The number of hydrogen-bond acceptors (Lipinski definition) is 1. The van der Waals surface area contributed by atoms with Gasteiger partial charge in [0.05, 0.1) is 0 Å². The van der Waals surface area contributed by atoms with E-state index in [1.807, 2.05) is 6.08 Å². The van der Waals surface area contributed by atoms with E-state index >= 15 is 0 Å². The zero-order valence-electron chi connectivity index (χ0n) is 7.75. The van der Waals surface area contributed by atoms with Gasteiger partial charge in [-0.15, -0.1) is 0 Å². The fourth-order valence-corrected chi connectivity index (χ4v) is 0.746. The van der Waals surface area contributed by atoms with Crippen LogP contribution >= 0.6 is 0 Å². The average Bonchev–Trinajstić information content (AvgIpc) is 2.04. The summed E-state index contributed by atoms with van der Waals surface area (Å²) < 4.78 is 0. The summed E-state index contributed by atoms with van der Waals surface area (Å²) in [7, 11) is 0. The molecule has 0 aliphatic rings. The largest absolute Gasteiger partial charge is 0.508 e. The van der Waals surface area contributed by atoms with E-state index < -0.39 is 0 Å². The number of aliphatic hydroxyl groups excluding tert-OH is 1. The van der Waals surface area contributed by atoms with Crippen molar-refractivity contribution in [1.29, 1.82) is 0 Å². The average molecular weight is 164 g/mol. The van der Waals surface area contributed by atoms with E-state index in [0.29, 0.717) is 5.92 Å². The molecule has 0 saturated carbocycles. The van der Waals surface area contributed by atoms with Crippen LogP contribution in [0.15, 0.2) is 48.8 Å². The third-order valence-corrected chi connectivity index (χ3v) is 1.56. The minimum absolute atomic E-state index is 0.176. The Kier molecular flexibility index (Phi) is 4.86. The third-order valence-electron chi connectivity index (χ3n) is 1.56. The van der Waals surface area contributed by atoms with Gasteiger partial charge in [0.15, 0.2) is 0 Å². The molecule has 1 heteroatoms. The lowest BCUT2D eigenvalue weighted by atomic mass is 10.0. The SMILES string of the molecule is C=C/C(=C\C=C(\O)C=C)C(C)C. The summed E-state index contributed by atoms with van der Waals surface area (Å²) in [6.45, 7) is 11.3. The number of allylic oxidation sites excluding steroid dienone is 5. The van der Waals surface area contributed by atoms with Crippen LogP contribution in [-0.4, -0.2) is 5.11 Å². The normalized spacial score (nSPS) is 13.2. The van der Waals surface area contributed by atoms with Crippen LogP contribution in [0.3, 0.4) is 0 Å². The van der Waals surface area contributed by atoms with Gasteiger partial charge in [0.25, 0.3) is 0 Å². The Hall–Kier alpha value is -1.24. The second kappa shape index (κ2) is 5.42. The van der Waals surface area contributed by atoms with E-state index in [1.54, 1.807) is 12.2 Å². The van der Waals surface area contributed by atoms with Crippen LogP contribution in [0.5, 0.6) is 0 Å². The molecule has 0 unspecified atom stereocenters. The van der Waals surface area contributed by atoms with Crippen molar-refractivity contribution in [3.63, 3.8) is 0 Å². The number of hydrogen-bond donors (Lipinski definition) is 1. The standard InChI is InChI=1S/C11H16O/c1-5-10(9(3)4)7-8-11(12)6-2/h5-9,12H,1-2H2,3-4H3/b10-7+,11-8+. The van der Waals surface area contributed by atoms with Gasteiger partial charge in [-0.05, 0) is 23.6 Å². The Morgan fingerprint density at radius 2 is 1.75 bits per heavy atom. The van der Waals surface area contributed by atoms with Crippen LogP contribution in [0.4, 0.5) is 0 Å². The van der Waals surface area contributed by atoms with Gasteiger partial charge in [-0.2, -0.15) is 0 Å². The van der Waals surface area contributed by atoms with Crippen molar-refractivity contribution in [3.8, 4) is 0 Å². The predicted octanol–water partition coefficient (Wildman–Crippen LogP) is 3.38. The Labute approximate surface area is 74.4 Å². The van der Waals surface area contributed by atoms with Gasteiger partial charge in [0, 0.05) is 0 Å². The minimum atomic E-state index is 0.176. The van der Waals surface area contributed by atoms with Crippen LogP contribution in [0.25, 0.3) is 0 Å². The summed E-state index contributed by atoms with van der Waals surface area (Å²) in [6, 6.07) is 0. The Morgan fingerprint density at radius 3 is 2.08 bits per heavy atom. The molecule has 0 amide bonds. The molecular formula is C11H16O. The second-order valence-corrected chi connectivity index (χ2v) is 2.82. The monoisotopic (exact) mass is 164 g/mol. The van der Waals surface area contributed by atoms with E-state index in [2.05, 4.69) is 27.0 Å². The molecule has 0 aromatic heterocycles. The Morgan fingerprint density at radius 1 is 1.17 bits per heavy atom. The first-order valence-corrected chi connectivity index (χ1v) is 3.97. The highest BCUT2D eigenvalue weighted by Crippen LogP contribution is 2.10. The van der Waals surface area contributed by atoms with Gasteiger partial charge < -0.3 is 5.11 Å². The van der Waals surface area contributed by atoms with Crippen LogP contribution < -0.4 is 0 Å². The summed E-state index contributed by atoms with van der Waals surface area (Å²) >= 11 is 0. The van der Waals surface area contributed by atoms with Gasteiger partial charge in [0.2, 0.25) is 0 Å². The lowest BCUT2D eigenvalue weighted by Gasteiger charge is -2.03. The highest BCUT2D eigenvalue weighted by molar-refractivity contribution is 5.26. The summed E-state index contributed by atoms with van der Waals surface area (Å²) in [4.78, 5) is 0. The van der Waals surface area contributed by atoms with E-state index in [0.717, 1.165) is 5.57 Å². The predicted molar refractivity (Wildman–Crippen MR) is 54.0 cm³/mol. The molecule has 66 valence electrons. The third kappa shape index (κ3) is 3.81. The van der Waals surface area contributed by atoms with Crippen molar-refractivity contribution < 1.29 is 5.11 Å². The molecule has 0 spiro atoms. The van der Waals surface area contributed by atoms with Crippen LogP contribution in [0, 0.1) is 5.92 Å². The first-order chi connectivity index (χ1) is 5.61. The maximum atomic E-state index is 9.05. The molecule has 0 saturated heterocycles. The molecule has 0 aliphatic heterocycles. The van der Waals surface area contributed by atoms with Crippen LogP contribution in [0.2, 0.25) is 0 Å². The van der Waals surface area contributed by atoms with Gasteiger partial charge in [-0.3, -0.25) is 0 Å². The summed E-state index contributed by atoms with van der Waals surface area (Å²) in [6.07, 6.45) is 6.65. The number of aliphatic hydroxyl groups is 1. The maximum Gasteiger partial charge on any atom is 0.114 e. The summed E-state index contributed by atoms with van der Waals surface area (Å²) in [5.74, 6) is 0.603. The first kappa shape index (κ1) is 10.8. The fraction of sp³-hybridized carbons (Fsp3) is 0.273. The van der Waals surface area contributed by atoms with Crippen molar-refractivity contribution in [2.75, 3.05) is 0 Å². The maximum absolute atomic E-state index is 9.05. The molecule has 1 nitrogen and oxygen atoms in total. The molecule has 1 N–H and O–H groups in total. The zero-order valence-corrected chi connectivity index (χ0v) is 7.75. The molecule has 0 radical (unpaired) electrons. The lowest BCUT2D eigenvalue weighted by Crippen LogP contribution is -1.88. The molecule has 0 heterocycles.